The largest absolute Gasteiger partial charge is 0.352 e. The van der Waals surface area contributed by atoms with Crippen LogP contribution < -0.4 is 16.4 Å². The number of carbonyl (C=O) groups is 2. The van der Waals surface area contributed by atoms with Crippen LogP contribution in [0.3, 0.4) is 0 Å². The third-order valence-corrected chi connectivity index (χ3v) is 4.07. The van der Waals surface area contributed by atoms with Gasteiger partial charge >= 0.3 is 0 Å². The molecule has 2 rings (SSSR count). The van der Waals surface area contributed by atoms with E-state index in [9.17, 15) is 9.59 Å². The first-order valence-corrected chi connectivity index (χ1v) is 7.55. The van der Waals surface area contributed by atoms with E-state index in [0.717, 1.165) is 19.3 Å². The van der Waals surface area contributed by atoms with Gasteiger partial charge in [0.05, 0.1) is 11.3 Å². The molecule has 0 aromatic heterocycles. The highest BCUT2D eigenvalue weighted by atomic mass is 35.5. The fourth-order valence-corrected chi connectivity index (χ4v) is 2.94. The van der Waals surface area contributed by atoms with E-state index in [4.69, 9.17) is 5.73 Å². The average molecular weight is 326 g/mol. The van der Waals surface area contributed by atoms with Crippen LogP contribution in [-0.2, 0) is 4.79 Å². The van der Waals surface area contributed by atoms with Gasteiger partial charge in [-0.25, -0.2) is 0 Å². The zero-order chi connectivity index (χ0) is 15.2. The fourth-order valence-electron chi connectivity index (χ4n) is 2.94. The Kier molecular flexibility index (Phi) is 7.35. The minimum atomic E-state index is -0.171. The summed E-state index contributed by atoms with van der Waals surface area (Å²) in [6, 6.07) is 7.08. The van der Waals surface area contributed by atoms with Crippen molar-refractivity contribution in [2.45, 2.75) is 26.2 Å². The molecule has 2 amide bonds. The van der Waals surface area contributed by atoms with Crippen LogP contribution in [0.5, 0.6) is 0 Å². The molecule has 4 N–H and O–H groups in total. The summed E-state index contributed by atoms with van der Waals surface area (Å²) in [4.78, 5) is 24.4. The van der Waals surface area contributed by atoms with Gasteiger partial charge in [0, 0.05) is 12.5 Å². The van der Waals surface area contributed by atoms with Crippen molar-refractivity contribution in [3.63, 3.8) is 0 Å². The Labute approximate surface area is 137 Å². The summed E-state index contributed by atoms with van der Waals surface area (Å²) in [7, 11) is 0. The Morgan fingerprint density at radius 1 is 1.27 bits per heavy atom. The lowest BCUT2D eigenvalue weighted by Gasteiger charge is -2.18. The van der Waals surface area contributed by atoms with E-state index in [1.165, 1.54) is 0 Å². The highest BCUT2D eigenvalue weighted by molar-refractivity contribution is 6.04. The predicted molar refractivity (Wildman–Crippen MR) is 90.2 cm³/mol. The zero-order valence-corrected chi connectivity index (χ0v) is 13.6. The zero-order valence-electron chi connectivity index (χ0n) is 12.8. The molecule has 5 nitrogen and oxygen atoms in total. The topological polar surface area (TPSA) is 84.2 Å². The second-order valence-electron chi connectivity index (χ2n) is 5.43. The molecule has 22 heavy (non-hydrogen) atoms. The van der Waals surface area contributed by atoms with E-state index in [-0.39, 0.29) is 36.1 Å². The number of nitrogens with two attached hydrogens (primary N) is 1. The van der Waals surface area contributed by atoms with E-state index < -0.39 is 0 Å². The molecule has 1 aromatic rings. The fraction of sp³-hybridized carbons (Fsp3) is 0.500. The van der Waals surface area contributed by atoms with Crippen LogP contribution in [0.4, 0.5) is 5.69 Å². The summed E-state index contributed by atoms with van der Waals surface area (Å²) in [5.41, 5.74) is 6.79. The van der Waals surface area contributed by atoms with Crippen molar-refractivity contribution >= 4 is 29.9 Å². The minimum absolute atomic E-state index is 0. The molecule has 122 valence electrons. The van der Waals surface area contributed by atoms with Crippen LogP contribution in [-0.4, -0.2) is 24.9 Å². The van der Waals surface area contributed by atoms with Gasteiger partial charge in [0.2, 0.25) is 5.91 Å². The molecule has 1 aromatic carbocycles. The van der Waals surface area contributed by atoms with E-state index in [1.807, 2.05) is 13.0 Å². The van der Waals surface area contributed by atoms with Crippen molar-refractivity contribution in [3.05, 3.63) is 29.8 Å². The number of rotatable bonds is 5. The first kappa shape index (κ1) is 18.5. The van der Waals surface area contributed by atoms with Crippen LogP contribution in [0.15, 0.2) is 24.3 Å². The molecule has 0 radical (unpaired) electrons. The van der Waals surface area contributed by atoms with Gasteiger partial charge in [-0.3, -0.25) is 9.59 Å². The Morgan fingerprint density at radius 2 is 2.00 bits per heavy atom. The number of hydrogen-bond donors (Lipinski definition) is 3. The lowest BCUT2D eigenvalue weighted by molar-refractivity contribution is -0.120. The standard InChI is InChI=1S/C16H23N3O2.ClH/c1-2-18-15(20)13-7-3-4-9-14(13)19-16(21)12-8-5-6-11(12)10-17;/h3-4,7,9,11-12H,2,5-6,8,10,17H2,1H3,(H,18,20)(H,19,21);1H/t11-,12-;/m1./s1. The van der Waals surface area contributed by atoms with Gasteiger partial charge in [-0.2, -0.15) is 0 Å². The molecule has 1 saturated carbocycles. The quantitative estimate of drug-likeness (QED) is 0.775. The van der Waals surface area contributed by atoms with Crippen LogP contribution in [0.1, 0.15) is 36.5 Å². The van der Waals surface area contributed by atoms with Crippen LogP contribution in [0.2, 0.25) is 0 Å². The number of anilines is 1. The predicted octanol–water partition coefficient (Wildman–Crippen LogP) is 2.17. The first-order valence-electron chi connectivity index (χ1n) is 7.55. The number of nitrogens with one attached hydrogen (secondary N) is 2. The van der Waals surface area contributed by atoms with Gasteiger partial charge in [0.1, 0.15) is 0 Å². The molecule has 0 aliphatic heterocycles. The second-order valence-corrected chi connectivity index (χ2v) is 5.43. The molecule has 0 spiro atoms. The molecule has 1 aliphatic carbocycles. The summed E-state index contributed by atoms with van der Waals surface area (Å²) in [5, 5.41) is 5.66. The molecule has 6 heteroatoms. The SMILES string of the molecule is CCNC(=O)c1ccccc1NC(=O)[C@@H]1CCC[C@@H]1CN.Cl. The Hall–Kier alpha value is -1.59. The number of para-hydroxylation sites is 1. The van der Waals surface area contributed by atoms with Crippen molar-refractivity contribution in [1.29, 1.82) is 0 Å². The van der Waals surface area contributed by atoms with Gasteiger partial charge in [-0.1, -0.05) is 18.6 Å². The van der Waals surface area contributed by atoms with Gasteiger partial charge in [0.25, 0.3) is 5.91 Å². The van der Waals surface area contributed by atoms with Crippen molar-refractivity contribution in [2.75, 3.05) is 18.4 Å². The maximum absolute atomic E-state index is 12.4. The van der Waals surface area contributed by atoms with E-state index in [1.54, 1.807) is 18.2 Å². The maximum Gasteiger partial charge on any atom is 0.253 e. The highest BCUT2D eigenvalue weighted by Crippen LogP contribution is 2.32. The van der Waals surface area contributed by atoms with E-state index in [2.05, 4.69) is 10.6 Å². The van der Waals surface area contributed by atoms with Crippen LogP contribution in [0.25, 0.3) is 0 Å². The minimum Gasteiger partial charge on any atom is -0.352 e. The second kappa shape index (κ2) is 8.76. The first-order chi connectivity index (χ1) is 10.2. The van der Waals surface area contributed by atoms with Crippen LogP contribution in [0, 0.1) is 11.8 Å². The summed E-state index contributed by atoms with van der Waals surface area (Å²) in [5.74, 6) is 0.00817. The van der Waals surface area contributed by atoms with Gasteiger partial charge in [0.15, 0.2) is 0 Å². The number of carbonyl (C=O) groups excluding carboxylic acids is 2. The normalized spacial score (nSPS) is 20.1. The average Bonchev–Trinajstić information content (AvgIpc) is 2.96. The van der Waals surface area contributed by atoms with Gasteiger partial charge < -0.3 is 16.4 Å². The Balaban J connectivity index is 0.00000242. The number of benzene rings is 1. The third kappa shape index (κ3) is 4.21. The van der Waals surface area contributed by atoms with Crippen molar-refractivity contribution in [2.24, 2.45) is 17.6 Å². The molecule has 0 saturated heterocycles. The molecule has 2 atom stereocenters. The summed E-state index contributed by atoms with van der Waals surface area (Å²) >= 11 is 0. The lowest BCUT2D eigenvalue weighted by Crippen LogP contribution is -2.31. The van der Waals surface area contributed by atoms with Crippen molar-refractivity contribution < 1.29 is 9.59 Å². The summed E-state index contributed by atoms with van der Waals surface area (Å²) in [6.45, 7) is 2.96. The number of halogens is 1. The highest BCUT2D eigenvalue weighted by Gasteiger charge is 2.32. The van der Waals surface area contributed by atoms with Crippen molar-refractivity contribution in [3.8, 4) is 0 Å². The molecule has 1 aliphatic rings. The lowest BCUT2D eigenvalue weighted by atomic mass is 9.95. The molecule has 1 fully saturated rings. The summed E-state index contributed by atoms with van der Waals surface area (Å²) < 4.78 is 0. The Morgan fingerprint density at radius 3 is 2.68 bits per heavy atom. The van der Waals surface area contributed by atoms with Crippen molar-refractivity contribution in [1.82, 2.24) is 5.32 Å². The van der Waals surface area contributed by atoms with Gasteiger partial charge in [-0.15, -0.1) is 12.4 Å². The van der Waals surface area contributed by atoms with E-state index >= 15 is 0 Å². The number of amides is 2. The molecular weight excluding hydrogens is 302 g/mol. The monoisotopic (exact) mass is 325 g/mol. The molecule has 0 bridgehead atoms. The molecular formula is C16H24ClN3O2. The maximum atomic E-state index is 12.4. The smallest absolute Gasteiger partial charge is 0.253 e. The van der Waals surface area contributed by atoms with Gasteiger partial charge in [-0.05, 0) is 44.4 Å². The molecule has 0 heterocycles. The Bertz CT molecular complexity index is 522. The third-order valence-electron chi connectivity index (χ3n) is 4.07. The number of hydrogen-bond acceptors (Lipinski definition) is 3. The van der Waals surface area contributed by atoms with Crippen LogP contribution >= 0.6 is 12.4 Å². The molecule has 0 unspecified atom stereocenters. The summed E-state index contributed by atoms with van der Waals surface area (Å²) in [6.07, 6.45) is 2.92. The van der Waals surface area contributed by atoms with E-state index in [0.29, 0.717) is 24.3 Å².